The van der Waals surface area contributed by atoms with Crippen LogP contribution in [0, 0.1) is 3.57 Å². The van der Waals surface area contributed by atoms with E-state index >= 15 is 0 Å². The number of hydrogen-bond donors (Lipinski definition) is 0. The smallest absolute Gasteiger partial charge is 0.338 e. The van der Waals surface area contributed by atoms with Gasteiger partial charge in [0.25, 0.3) is 11.8 Å². The number of benzene rings is 1. The minimum atomic E-state index is -1.01. The van der Waals surface area contributed by atoms with Crippen LogP contribution in [0.4, 0.5) is 0 Å². The second kappa shape index (κ2) is 13.3. The van der Waals surface area contributed by atoms with E-state index in [1.807, 2.05) is 22.6 Å². The molecule has 214 valence electrons. The molecule has 0 spiro atoms. The van der Waals surface area contributed by atoms with Gasteiger partial charge in [0.2, 0.25) is 0 Å². The molecule has 0 N–H and O–H groups in total. The largest absolute Gasteiger partial charge is 0.480 e. The van der Waals surface area contributed by atoms with Gasteiger partial charge in [0.1, 0.15) is 23.6 Å². The van der Waals surface area contributed by atoms with Crippen molar-refractivity contribution in [2.45, 2.75) is 63.8 Å². The third kappa shape index (κ3) is 6.73. The minimum absolute atomic E-state index is 0.0874. The van der Waals surface area contributed by atoms with Crippen molar-refractivity contribution in [2.75, 3.05) is 34.4 Å². The maximum Gasteiger partial charge on any atom is 0.338 e. The van der Waals surface area contributed by atoms with Crippen LogP contribution in [0.5, 0.6) is 11.5 Å². The van der Waals surface area contributed by atoms with Crippen molar-refractivity contribution >= 4 is 52.3 Å². The highest BCUT2D eigenvalue weighted by Gasteiger charge is 2.39. The van der Waals surface area contributed by atoms with Crippen LogP contribution in [-0.2, 0) is 33.4 Å². The normalized spacial score (nSPS) is 20.2. The summed E-state index contributed by atoms with van der Waals surface area (Å²) in [6.07, 6.45) is 0.302. The van der Waals surface area contributed by atoms with Crippen LogP contribution >= 0.6 is 22.6 Å². The van der Waals surface area contributed by atoms with Gasteiger partial charge >= 0.3 is 17.9 Å². The Morgan fingerprint density at radius 3 is 1.54 bits per heavy atom. The number of carbonyl (C=O) groups is 5. The lowest BCUT2D eigenvalue weighted by molar-refractivity contribution is -0.153. The molecule has 12 nitrogen and oxygen atoms in total. The zero-order valence-corrected chi connectivity index (χ0v) is 24.7. The number of likely N-dealkylation sites (tertiary alicyclic amines) is 2. The molecule has 0 aromatic heterocycles. The van der Waals surface area contributed by atoms with Crippen LogP contribution in [0.3, 0.4) is 0 Å². The van der Waals surface area contributed by atoms with Gasteiger partial charge in [-0.3, -0.25) is 9.59 Å². The summed E-state index contributed by atoms with van der Waals surface area (Å²) in [5.41, 5.74) is 0.0874. The molecule has 0 saturated carbocycles. The third-order valence-electron chi connectivity index (χ3n) is 6.75. The topological polar surface area (TPSA) is 138 Å². The maximum atomic E-state index is 13.2. The average molecular weight is 660 g/mol. The minimum Gasteiger partial charge on any atom is -0.480 e. The SMILES string of the molecule is COC(=O)c1cc(O[C@H](C)C(=O)N2CCC[C@H]2C(=O)OC)c(I)c(O[C@H](C)C(=O)N2CCC[C@H]2C(=O)OC)c1. The number of hydrogen-bond acceptors (Lipinski definition) is 10. The second-order valence-corrected chi connectivity index (χ2v) is 10.3. The zero-order chi connectivity index (χ0) is 28.9. The average Bonchev–Trinajstić information content (AvgIpc) is 3.63. The number of carbonyl (C=O) groups excluding carboxylic acids is 5. The van der Waals surface area contributed by atoms with E-state index in [1.54, 1.807) is 13.8 Å². The molecule has 2 aliphatic rings. The van der Waals surface area contributed by atoms with E-state index in [2.05, 4.69) is 0 Å². The molecule has 2 heterocycles. The van der Waals surface area contributed by atoms with E-state index in [-0.39, 0.29) is 17.1 Å². The van der Waals surface area contributed by atoms with Gasteiger partial charge in [-0.05, 0) is 74.3 Å². The summed E-state index contributed by atoms with van der Waals surface area (Å²) in [4.78, 5) is 65.8. The number of halogens is 1. The highest BCUT2D eigenvalue weighted by Crippen LogP contribution is 2.35. The number of nitrogens with zero attached hydrogens (tertiary/aromatic N) is 2. The quantitative estimate of drug-likeness (QED) is 0.220. The van der Waals surface area contributed by atoms with Crippen LogP contribution in [0.15, 0.2) is 12.1 Å². The Balaban J connectivity index is 1.83. The zero-order valence-electron chi connectivity index (χ0n) is 22.6. The third-order valence-corrected chi connectivity index (χ3v) is 7.81. The fourth-order valence-corrected chi connectivity index (χ4v) is 5.32. The number of methoxy groups -OCH3 is 3. The first kappa shape index (κ1) is 30.4. The molecule has 4 atom stereocenters. The Hall–Kier alpha value is -3.10. The first-order valence-electron chi connectivity index (χ1n) is 12.6. The summed E-state index contributed by atoms with van der Waals surface area (Å²) in [5, 5.41) is 0. The van der Waals surface area contributed by atoms with E-state index < -0.39 is 54.0 Å². The molecule has 39 heavy (non-hydrogen) atoms. The molecule has 0 bridgehead atoms. The first-order valence-corrected chi connectivity index (χ1v) is 13.6. The van der Waals surface area contributed by atoms with Crippen LogP contribution in [0.2, 0.25) is 0 Å². The van der Waals surface area contributed by atoms with Crippen LogP contribution in [-0.4, -0.2) is 98.2 Å². The van der Waals surface area contributed by atoms with Gasteiger partial charge in [-0.15, -0.1) is 0 Å². The Labute approximate surface area is 240 Å². The Kier molecular flexibility index (Phi) is 10.4. The van der Waals surface area contributed by atoms with Crippen molar-refractivity contribution in [3.63, 3.8) is 0 Å². The van der Waals surface area contributed by atoms with E-state index in [1.165, 1.54) is 43.3 Å². The summed E-state index contributed by atoms with van der Waals surface area (Å²) in [6, 6.07) is 1.48. The van der Waals surface area contributed by atoms with Crippen molar-refractivity contribution in [3.8, 4) is 11.5 Å². The van der Waals surface area contributed by atoms with Crippen molar-refractivity contribution in [2.24, 2.45) is 0 Å². The summed E-state index contributed by atoms with van der Waals surface area (Å²) in [6.45, 7) is 3.87. The molecular weight excluding hydrogens is 627 g/mol. The summed E-state index contributed by atoms with van der Waals surface area (Å²) >= 11 is 1.94. The Bertz CT molecular complexity index is 1050. The fourth-order valence-electron chi connectivity index (χ4n) is 4.75. The Morgan fingerprint density at radius 2 is 1.18 bits per heavy atom. The van der Waals surface area contributed by atoms with Gasteiger partial charge in [-0.1, -0.05) is 0 Å². The number of ether oxygens (including phenoxy) is 5. The highest BCUT2D eigenvalue weighted by molar-refractivity contribution is 14.1. The molecule has 2 aliphatic heterocycles. The van der Waals surface area contributed by atoms with Gasteiger partial charge in [0.05, 0.1) is 30.5 Å². The van der Waals surface area contributed by atoms with Crippen molar-refractivity contribution in [3.05, 3.63) is 21.3 Å². The molecule has 1 aromatic rings. The number of esters is 3. The molecule has 3 rings (SSSR count). The molecule has 0 aliphatic carbocycles. The molecule has 2 fully saturated rings. The molecule has 13 heteroatoms. The van der Waals surface area contributed by atoms with E-state index in [9.17, 15) is 24.0 Å². The number of rotatable bonds is 9. The van der Waals surface area contributed by atoms with Crippen molar-refractivity contribution in [1.29, 1.82) is 0 Å². The van der Waals surface area contributed by atoms with Crippen molar-refractivity contribution < 1.29 is 47.7 Å². The van der Waals surface area contributed by atoms with E-state index in [4.69, 9.17) is 23.7 Å². The monoisotopic (exact) mass is 660 g/mol. The highest BCUT2D eigenvalue weighted by atomic mass is 127. The molecule has 1 aromatic carbocycles. The van der Waals surface area contributed by atoms with Crippen LogP contribution < -0.4 is 9.47 Å². The van der Waals surface area contributed by atoms with Gasteiger partial charge in [0, 0.05) is 13.1 Å². The standard InChI is InChI=1S/C26H33IN2O10/c1-14(22(30)28-10-6-8-17(28)25(33)36-4)38-19-12-16(24(32)35-3)13-20(21(19)27)39-15(2)23(31)29-11-7-9-18(29)26(34)37-5/h12-15,17-18H,6-11H2,1-5H3/t14-,15-,17+,18+/m1/s1. The predicted octanol–water partition coefficient (Wildman–Crippen LogP) is 1.94. The van der Waals surface area contributed by atoms with E-state index in [0.29, 0.717) is 42.3 Å². The molecule has 0 radical (unpaired) electrons. The molecular formula is C26H33IN2O10. The Morgan fingerprint density at radius 1 is 0.769 bits per heavy atom. The summed E-state index contributed by atoms with van der Waals surface area (Å²) in [7, 11) is 3.77. The molecule has 2 saturated heterocycles. The predicted molar refractivity (Wildman–Crippen MR) is 144 cm³/mol. The maximum absolute atomic E-state index is 13.2. The molecule has 2 amide bonds. The van der Waals surface area contributed by atoms with Crippen LogP contribution in [0.25, 0.3) is 0 Å². The lowest BCUT2D eigenvalue weighted by Gasteiger charge is -2.27. The first-order chi connectivity index (χ1) is 18.5. The van der Waals surface area contributed by atoms with Gasteiger partial charge in [-0.2, -0.15) is 0 Å². The van der Waals surface area contributed by atoms with E-state index in [0.717, 1.165) is 0 Å². The lowest BCUT2D eigenvalue weighted by atomic mass is 10.2. The fraction of sp³-hybridized carbons (Fsp3) is 0.577. The van der Waals surface area contributed by atoms with Crippen LogP contribution in [0.1, 0.15) is 49.9 Å². The van der Waals surface area contributed by atoms with Gasteiger partial charge < -0.3 is 33.5 Å². The lowest BCUT2D eigenvalue weighted by Crippen LogP contribution is -2.47. The second-order valence-electron chi connectivity index (χ2n) is 9.22. The summed E-state index contributed by atoms with van der Waals surface area (Å²) in [5.74, 6) is -2.14. The van der Waals surface area contributed by atoms with Crippen molar-refractivity contribution in [1.82, 2.24) is 9.80 Å². The van der Waals surface area contributed by atoms with Gasteiger partial charge in [-0.25, -0.2) is 14.4 Å². The molecule has 0 unspecified atom stereocenters. The number of amides is 2. The van der Waals surface area contributed by atoms with Gasteiger partial charge in [0.15, 0.2) is 12.2 Å². The summed E-state index contributed by atoms with van der Waals surface area (Å²) < 4.78 is 26.8.